The molecule has 6 heteroatoms. The first kappa shape index (κ1) is 18.1. The fourth-order valence-electron chi connectivity index (χ4n) is 3.45. The molecule has 0 atom stereocenters. The molecule has 0 saturated heterocycles. The Morgan fingerprint density at radius 2 is 1.68 bits per heavy atom. The summed E-state index contributed by atoms with van der Waals surface area (Å²) in [5, 5.41) is 4.26. The van der Waals surface area contributed by atoms with Crippen LogP contribution in [0.25, 0.3) is 16.7 Å². The number of rotatable bonds is 3. The van der Waals surface area contributed by atoms with Gasteiger partial charge in [-0.3, -0.25) is 4.57 Å². The molecule has 1 N–H and O–H groups in total. The van der Waals surface area contributed by atoms with Gasteiger partial charge in [-0.1, -0.05) is 12.1 Å². The quantitative estimate of drug-likeness (QED) is 0.499. The first-order valence-corrected chi connectivity index (χ1v) is 8.99. The highest BCUT2D eigenvalue weighted by Gasteiger charge is 2.19. The summed E-state index contributed by atoms with van der Waals surface area (Å²) in [6, 6.07) is 9.91. The van der Waals surface area contributed by atoms with Crippen molar-refractivity contribution in [2.75, 3.05) is 5.32 Å². The number of aromatic nitrogens is 3. The molecule has 142 valence electrons. The monoisotopic (exact) mass is 378 g/mol. The maximum atomic E-state index is 13.8. The van der Waals surface area contributed by atoms with Gasteiger partial charge in [0, 0.05) is 17.4 Å². The maximum Gasteiger partial charge on any atom is 0.160 e. The lowest BCUT2D eigenvalue weighted by Gasteiger charge is -2.12. The molecular formula is C22H20F2N4. The van der Waals surface area contributed by atoms with Crippen LogP contribution in [0.3, 0.4) is 0 Å². The zero-order chi connectivity index (χ0) is 20.0. The van der Waals surface area contributed by atoms with Crippen LogP contribution in [0, 0.1) is 39.3 Å². The number of hydrogen-bond acceptors (Lipinski definition) is 3. The Labute approximate surface area is 161 Å². The molecule has 0 aliphatic carbocycles. The van der Waals surface area contributed by atoms with E-state index in [9.17, 15) is 8.78 Å². The van der Waals surface area contributed by atoms with Crippen LogP contribution in [-0.4, -0.2) is 14.5 Å². The molecule has 0 spiro atoms. The summed E-state index contributed by atoms with van der Waals surface area (Å²) < 4.78 is 29.0. The zero-order valence-corrected chi connectivity index (χ0v) is 16.1. The molecule has 0 aliphatic rings. The van der Waals surface area contributed by atoms with Crippen molar-refractivity contribution in [1.82, 2.24) is 14.5 Å². The predicted molar refractivity (Wildman–Crippen MR) is 107 cm³/mol. The minimum atomic E-state index is -0.890. The summed E-state index contributed by atoms with van der Waals surface area (Å²) >= 11 is 0. The summed E-state index contributed by atoms with van der Waals surface area (Å²) in [5.74, 6) is -1.08. The van der Waals surface area contributed by atoms with Gasteiger partial charge in [0.25, 0.3) is 0 Å². The average Bonchev–Trinajstić information content (AvgIpc) is 2.93. The maximum absolute atomic E-state index is 13.8. The van der Waals surface area contributed by atoms with E-state index < -0.39 is 11.6 Å². The fraction of sp³-hybridized carbons (Fsp3) is 0.182. The standard InChI is InChI=1S/C22H20F2N4/c1-12-6-5-7-19(13(12)2)27-21-20-14(3)15(4)28(22(20)26-11-25-21)16-8-9-17(23)18(24)10-16/h5-11H,1-4H3,(H,25,26,27). The number of hydrogen-bond donors (Lipinski definition) is 1. The number of aryl methyl sites for hydroxylation is 2. The van der Waals surface area contributed by atoms with Gasteiger partial charge in [0.05, 0.1) is 11.1 Å². The Bertz CT molecular complexity index is 1210. The van der Waals surface area contributed by atoms with E-state index in [1.807, 2.05) is 30.5 Å². The number of nitrogens with one attached hydrogen (secondary N) is 1. The lowest BCUT2D eigenvalue weighted by Crippen LogP contribution is -2.01. The molecule has 0 radical (unpaired) electrons. The molecule has 4 nitrogen and oxygen atoms in total. The van der Waals surface area contributed by atoms with Crippen molar-refractivity contribution in [1.29, 1.82) is 0 Å². The second-order valence-electron chi connectivity index (χ2n) is 6.94. The topological polar surface area (TPSA) is 42.7 Å². The molecule has 0 aliphatic heterocycles. The third kappa shape index (κ3) is 2.81. The van der Waals surface area contributed by atoms with Crippen LogP contribution in [0.2, 0.25) is 0 Å². The molecule has 2 aromatic carbocycles. The van der Waals surface area contributed by atoms with Crippen molar-refractivity contribution in [3.8, 4) is 5.69 Å². The Hall–Kier alpha value is -3.28. The third-order valence-electron chi connectivity index (χ3n) is 5.31. The third-order valence-corrected chi connectivity index (χ3v) is 5.31. The van der Waals surface area contributed by atoms with Crippen molar-refractivity contribution in [2.45, 2.75) is 27.7 Å². The van der Waals surface area contributed by atoms with Gasteiger partial charge < -0.3 is 5.32 Å². The van der Waals surface area contributed by atoms with Gasteiger partial charge in [-0.25, -0.2) is 18.7 Å². The van der Waals surface area contributed by atoms with Gasteiger partial charge in [0.1, 0.15) is 12.1 Å². The second kappa shape index (κ2) is 6.71. The van der Waals surface area contributed by atoms with Crippen molar-refractivity contribution in [3.63, 3.8) is 0 Å². The van der Waals surface area contributed by atoms with Crippen molar-refractivity contribution >= 4 is 22.5 Å². The van der Waals surface area contributed by atoms with E-state index >= 15 is 0 Å². The first-order chi connectivity index (χ1) is 13.4. The molecule has 2 aromatic heterocycles. The van der Waals surface area contributed by atoms with Crippen LogP contribution < -0.4 is 5.32 Å². The molecule has 0 amide bonds. The molecule has 2 heterocycles. The highest BCUT2D eigenvalue weighted by atomic mass is 19.2. The first-order valence-electron chi connectivity index (χ1n) is 8.99. The van der Waals surface area contributed by atoms with E-state index in [0.717, 1.165) is 34.0 Å². The lowest BCUT2D eigenvalue weighted by molar-refractivity contribution is 0.508. The van der Waals surface area contributed by atoms with Gasteiger partial charge in [-0.15, -0.1) is 0 Å². The van der Waals surface area contributed by atoms with Crippen molar-refractivity contribution < 1.29 is 8.78 Å². The minimum absolute atomic E-state index is 0.519. The summed E-state index contributed by atoms with van der Waals surface area (Å²) in [6.07, 6.45) is 1.48. The smallest absolute Gasteiger partial charge is 0.160 e. The molecule has 0 fully saturated rings. The largest absolute Gasteiger partial charge is 0.339 e. The van der Waals surface area contributed by atoms with E-state index in [2.05, 4.69) is 35.2 Å². The Kier molecular flexibility index (Phi) is 4.34. The van der Waals surface area contributed by atoms with E-state index in [0.29, 0.717) is 17.2 Å². The summed E-state index contributed by atoms with van der Waals surface area (Å²) in [5.41, 5.74) is 6.33. The van der Waals surface area contributed by atoms with Gasteiger partial charge in [-0.05, 0) is 62.6 Å². The van der Waals surface area contributed by atoms with Crippen LogP contribution in [0.4, 0.5) is 20.3 Å². The Morgan fingerprint density at radius 3 is 2.43 bits per heavy atom. The second-order valence-corrected chi connectivity index (χ2v) is 6.94. The summed E-state index contributed by atoms with van der Waals surface area (Å²) in [7, 11) is 0. The molecule has 0 bridgehead atoms. The van der Waals surface area contributed by atoms with Crippen LogP contribution in [-0.2, 0) is 0 Å². The van der Waals surface area contributed by atoms with Gasteiger partial charge >= 0.3 is 0 Å². The van der Waals surface area contributed by atoms with Gasteiger partial charge in [-0.2, -0.15) is 0 Å². The molecule has 4 rings (SSSR count). The number of fused-ring (bicyclic) bond motifs is 1. The van der Waals surface area contributed by atoms with Gasteiger partial charge in [0.15, 0.2) is 17.3 Å². The van der Waals surface area contributed by atoms with Crippen LogP contribution in [0.5, 0.6) is 0 Å². The number of anilines is 2. The Morgan fingerprint density at radius 1 is 0.893 bits per heavy atom. The minimum Gasteiger partial charge on any atom is -0.339 e. The van der Waals surface area contributed by atoms with E-state index in [1.54, 1.807) is 6.07 Å². The van der Waals surface area contributed by atoms with Crippen molar-refractivity contribution in [3.05, 3.63) is 76.7 Å². The normalized spacial score (nSPS) is 11.2. The number of benzene rings is 2. The number of halogens is 2. The summed E-state index contributed by atoms with van der Waals surface area (Å²) in [6.45, 7) is 8.03. The molecular weight excluding hydrogens is 358 g/mol. The molecule has 28 heavy (non-hydrogen) atoms. The average molecular weight is 378 g/mol. The highest BCUT2D eigenvalue weighted by molar-refractivity contribution is 5.94. The fourth-order valence-corrected chi connectivity index (χ4v) is 3.45. The SMILES string of the molecule is Cc1cccc(Nc2ncnc3c2c(C)c(C)n3-c2ccc(F)c(F)c2)c1C. The molecule has 0 saturated carbocycles. The number of nitrogens with zero attached hydrogens (tertiary/aromatic N) is 3. The van der Waals surface area contributed by atoms with E-state index in [4.69, 9.17) is 0 Å². The lowest BCUT2D eigenvalue weighted by atomic mass is 10.1. The van der Waals surface area contributed by atoms with Crippen molar-refractivity contribution in [2.24, 2.45) is 0 Å². The summed E-state index contributed by atoms with van der Waals surface area (Å²) in [4.78, 5) is 8.87. The Balaban J connectivity index is 1.92. The molecule has 0 unspecified atom stereocenters. The van der Waals surface area contributed by atoms with Gasteiger partial charge in [0.2, 0.25) is 0 Å². The van der Waals surface area contributed by atoms with E-state index in [-0.39, 0.29) is 0 Å². The zero-order valence-electron chi connectivity index (χ0n) is 16.1. The van der Waals surface area contributed by atoms with Crippen LogP contribution in [0.1, 0.15) is 22.4 Å². The van der Waals surface area contributed by atoms with Crippen LogP contribution >= 0.6 is 0 Å². The predicted octanol–water partition coefficient (Wildman–Crippen LogP) is 5.68. The highest BCUT2D eigenvalue weighted by Crippen LogP contribution is 2.33. The van der Waals surface area contributed by atoms with Crippen LogP contribution in [0.15, 0.2) is 42.7 Å². The van der Waals surface area contributed by atoms with E-state index in [1.165, 1.54) is 18.0 Å². The molecule has 4 aromatic rings.